The summed E-state index contributed by atoms with van der Waals surface area (Å²) in [6.07, 6.45) is 5.17. The van der Waals surface area contributed by atoms with Crippen LogP contribution < -0.4 is 15.7 Å². The highest BCUT2D eigenvalue weighted by molar-refractivity contribution is 7.77. The predicted octanol–water partition coefficient (Wildman–Crippen LogP) is 4.12. The summed E-state index contributed by atoms with van der Waals surface area (Å²) in [7, 11) is -3.22. The van der Waals surface area contributed by atoms with Crippen molar-refractivity contribution < 1.29 is 9.49 Å². The summed E-state index contributed by atoms with van der Waals surface area (Å²) in [5.74, 6) is 0.136. The van der Waals surface area contributed by atoms with Gasteiger partial charge in [0.2, 0.25) is 13.8 Å². The van der Waals surface area contributed by atoms with Crippen LogP contribution in [0.15, 0.2) is 60.7 Å². The van der Waals surface area contributed by atoms with Gasteiger partial charge < -0.3 is 0 Å². The maximum atomic E-state index is 14.3. The molecule has 1 fully saturated rings. The SMILES string of the molecule is C[C@@](C[N+](=O)[O-])(NP(=O)(c1ccccc1)c1ccccc1)C1CCCCC1. The molecule has 1 aliphatic carbocycles. The third kappa shape index (κ3) is 4.48. The molecular weight excluding hydrogens is 359 g/mol. The third-order valence-electron chi connectivity index (χ3n) is 5.62. The summed E-state index contributed by atoms with van der Waals surface area (Å²) in [5, 5.41) is 16.2. The van der Waals surface area contributed by atoms with E-state index in [4.69, 9.17) is 0 Å². The van der Waals surface area contributed by atoms with Gasteiger partial charge in [-0.3, -0.25) is 14.7 Å². The van der Waals surface area contributed by atoms with Crippen molar-refractivity contribution >= 4 is 17.9 Å². The van der Waals surface area contributed by atoms with Gasteiger partial charge in [-0.2, -0.15) is 0 Å². The predicted molar refractivity (Wildman–Crippen MR) is 110 cm³/mol. The summed E-state index contributed by atoms with van der Waals surface area (Å²) >= 11 is 0. The fourth-order valence-corrected chi connectivity index (χ4v) is 6.89. The Morgan fingerprint density at radius 3 is 1.93 bits per heavy atom. The van der Waals surface area contributed by atoms with Crippen LogP contribution >= 0.6 is 7.29 Å². The molecule has 144 valence electrons. The second kappa shape index (κ2) is 8.37. The lowest BCUT2D eigenvalue weighted by Gasteiger charge is -2.40. The van der Waals surface area contributed by atoms with E-state index in [2.05, 4.69) is 5.09 Å². The van der Waals surface area contributed by atoms with E-state index in [9.17, 15) is 14.7 Å². The smallest absolute Gasteiger partial charge is 0.222 e. The molecule has 0 aliphatic heterocycles. The Hall–Kier alpha value is -1.97. The topological polar surface area (TPSA) is 72.2 Å². The van der Waals surface area contributed by atoms with Crippen LogP contribution in [-0.2, 0) is 4.57 Å². The van der Waals surface area contributed by atoms with Gasteiger partial charge in [-0.05, 0) is 49.9 Å². The van der Waals surface area contributed by atoms with Gasteiger partial charge in [-0.15, -0.1) is 0 Å². The number of hydrogen-bond donors (Lipinski definition) is 1. The molecule has 3 rings (SSSR count). The van der Waals surface area contributed by atoms with Crippen molar-refractivity contribution in [3.63, 3.8) is 0 Å². The molecule has 0 spiro atoms. The lowest BCUT2D eigenvalue weighted by molar-refractivity contribution is -0.491. The molecule has 2 aromatic rings. The highest BCUT2D eigenvalue weighted by atomic mass is 31.2. The van der Waals surface area contributed by atoms with Crippen LogP contribution in [0.2, 0.25) is 0 Å². The number of nitrogens with one attached hydrogen (secondary N) is 1. The lowest BCUT2D eigenvalue weighted by Crippen LogP contribution is -2.54. The first-order valence-corrected chi connectivity index (χ1v) is 11.3. The first-order valence-electron chi connectivity index (χ1n) is 9.56. The van der Waals surface area contributed by atoms with E-state index in [0.29, 0.717) is 10.6 Å². The molecule has 0 saturated heterocycles. The molecule has 2 aromatic carbocycles. The highest BCUT2D eigenvalue weighted by Crippen LogP contribution is 2.45. The van der Waals surface area contributed by atoms with Crippen molar-refractivity contribution in [2.75, 3.05) is 6.54 Å². The number of benzene rings is 2. The fourth-order valence-electron chi connectivity index (χ4n) is 4.18. The second-order valence-electron chi connectivity index (χ2n) is 7.64. The van der Waals surface area contributed by atoms with Gasteiger partial charge in [0.25, 0.3) is 0 Å². The molecule has 1 atom stereocenters. The highest BCUT2D eigenvalue weighted by Gasteiger charge is 2.45. The Kier molecular flexibility index (Phi) is 6.13. The summed E-state index contributed by atoms with van der Waals surface area (Å²) in [6, 6.07) is 18.6. The van der Waals surface area contributed by atoms with Crippen LogP contribution in [-0.4, -0.2) is 17.0 Å². The lowest BCUT2D eigenvalue weighted by atomic mass is 9.76. The van der Waals surface area contributed by atoms with Gasteiger partial charge in [-0.1, -0.05) is 55.7 Å². The molecular formula is C21H27N2O3P. The van der Waals surface area contributed by atoms with Crippen LogP contribution in [0.1, 0.15) is 39.0 Å². The molecule has 5 nitrogen and oxygen atoms in total. The minimum absolute atomic E-state index is 0.136. The van der Waals surface area contributed by atoms with Crippen molar-refractivity contribution in [3.8, 4) is 0 Å². The maximum absolute atomic E-state index is 14.3. The molecule has 1 aliphatic rings. The molecule has 1 N–H and O–H groups in total. The van der Waals surface area contributed by atoms with Crippen LogP contribution in [0, 0.1) is 16.0 Å². The number of nitrogens with zero attached hydrogens (tertiary/aromatic N) is 1. The molecule has 0 aromatic heterocycles. The van der Waals surface area contributed by atoms with Crippen molar-refractivity contribution in [1.29, 1.82) is 0 Å². The zero-order valence-corrected chi connectivity index (χ0v) is 16.6. The third-order valence-corrected chi connectivity index (χ3v) is 8.49. The molecule has 27 heavy (non-hydrogen) atoms. The first kappa shape index (κ1) is 19.8. The second-order valence-corrected chi connectivity index (χ2v) is 10.1. The summed E-state index contributed by atoms with van der Waals surface area (Å²) in [6.45, 7) is 1.64. The van der Waals surface area contributed by atoms with Crippen molar-refractivity contribution in [2.24, 2.45) is 5.92 Å². The van der Waals surface area contributed by atoms with Gasteiger partial charge in [0, 0.05) is 15.5 Å². The molecule has 0 radical (unpaired) electrons. The van der Waals surface area contributed by atoms with Crippen molar-refractivity contribution in [2.45, 2.75) is 44.6 Å². The standard InChI is InChI=1S/C21H27N2O3P/c1-21(17-23(24)25,18-11-5-2-6-12-18)22-27(26,19-13-7-3-8-14-19)20-15-9-4-10-16-20/h3-4,7-10,13-16,18H,2,5-6,11-12,17H2,1H3,(H,22,26)/t21-/m0/s1. The van der Waals surface area contributed by atoms with E-state index in [1.165, 1.54) is 6.42 Å². The van der Waals surface area contributed by atoms with Crippen LogP contribution in [0.4, 0.5) is 0 Å². The van der Waals surface area contributed by atoms with E-state index in [0.717, 1.165) is 25.7 Å². The average molecular weight is 386 g/mol. The Morgan fingerprint density at radius 2 is 1.48 bits per heavy atom. The Bertz CT molecular complexity index is 763. The van der Waals surface area contributed by atoms with E-state index < -0.39 is 12.8 Å². The summed E-state index contributed by atoms with van der Waals surface area (Å²) in [4.78, 5) is 11.2. The molecule has 0 bridgehead atoms. The zero-order valence-electron chi connectivity index (χ0n) is 15.7. The van der Waals surface area contributed by atoms with Crippen molar-refractivity contribution in [3.05, 3.63) is 70.8 Å². The molecule has 1 saturated carbocycles. The van der Waals surface area contributed by atoms with Crippen LogP contribution in [0.5, 0.6) is 0 Å². The van der Waals surface area contributed by atoms with Gasteiger partial charge in [-0.25, -0.2) is 5.09 Å². The van der Waals surface area contributed by atoms with Crippen LogP contribution in [0.3, 0.4) is 0 Å². The van der Waals surface area contributed by atoms with Gasteiger partial charge >= 0.3 is 0 Å². The monoisotopic (exact) mass is 386 g/mol. The zero-order chi connectivity index (χ0) is 19.3. The quantitative estimate of drug-likeness (QED) is 0.441. The van der Waals surface area contributed by atoms with E-state index in [1.54, 1.807) is 0 Å². The number of hydrogen-bond acceptors (Lipinski definition) is 3. The van der Waals surface area contributed by atoms with Crippen LogP contribution in [0.25, 0.3) is 0 Å². The van der Waals surface area contributed by atoms with Crippen molar-refractivity contribution in [1.82, 2.24) is 5.09 Å². The molecule has 0 unspecified atom stereocenters. The van der Waals surface area contributed by atoms with E-state index in [-0.39, 0.29) is 17.4 Å². The van der Waals surface area contributed by atoms with Gasteiger partial charge in [0.05, 0.1) is 5.54 Å². The minimum Gasteiger partial charge on any atom is -0.297 e. The Morgan fingerprint density at radius 1 is 1.00 bits per heavy atom. The average Bonchev–Trinajstić information content (AvgIpc) is 2.69. The first-order chi connectivity index (χ1) is 12.9. The van der Waals surface area contributed by atoms with E-state index >= 15 is 0 Å². The Balaban J connectivity index is 2.05. The number of rotatable bonds is 7. The molecule has 6 heteroatoms. The molecule has 0 heterocycles. The minimum atomic E-state index is -3.22. The Labute approximate surface area is 160 Å². The number of nitro groups is 1. The van der Waals surface area contributed by atoms with Gasteiger partial charge in [0.1, 0.15) is 0 Å². The summed E-state index contributed by atoms with van der Waals surface area (Å²) in [5.41, 5.74) is -0.828. The van der Waals surface area contributed by atoms with E-state index in [1.807, 2.05) is 67.6 Å². The molecule has 0 amide bonds. The fraction of sp³-hybridized carbons (Fsp3) is 0.429. The maximum Gasteiger partial charge on any atom is 0.222 e. The summed E-state index contributed by atoms with van der Waals surface area (Å²) < 4.78 is 14.3. The normalized spacial score (nSPS) is 18.0. The van der Waals surface area contributed by atoms with Gasteiger partial charge in [0.15, 0.2) is 0 Å². The largest absolute Gasteiger partial charge is 0.297 e.